The Balaban J connectivity index is 2.52. The molecule has 38 heavy (non-hydrogen) atoms. The van der Waals surface area contributed by atoms with Crippen molar-refractivity contribution in [2.24, 2.45) is 5.92 Å². The van der Waals surface area contributed by atoms with Crippen LogP contribution in [-0.4, -0.2) is 41.1 Å². The molecule has 2 rings (SSSR count). The van der Waals surface area contributed by atoms with Crippen LogP contribution in [-0.2, 0) is 20.4 Å². The zero-order valence-electron chi connectivity index (χ0n) is 25.8. The molecule has 0 aromatic heterocycles. The fourth-order valence-corrected chi connectivity index (χ4v) is 6.53. The highest BCUT2D eigenvalue weighted by atomic mass is 28.4. The van der Waals surface area contributed by atoms with E-state index in [-0.39, 0.29) is 28.1 Å². The predicted octanol–water partition coefficient (Wildman–Crippen LogP) is 8.49. The fourth-order valence-electron chi connectivity index (χ4n) is 4.06. The summed E-state index contributed by atoms with van der Waals surface area (Å²) < 4.78 is 19.8. The molecule has 1 aliphatic rings. The molecule has 1 heterocycles. The van der Waals surface area contributed by atoms with Crippen LogP contribution in [0.1, 0.15) is 90.1 Å². The average Bonchev–Trinajstić information content (AvgIpc) is 2.77. The van der Waals surface area contributed by atoms with Gasteiger partial charge in [0.2, 0.25) is 0 Å². The third kappa shape index (κ3) is 8.39. The molecule has 214 valence electrons. The Morgan fingerprint density at radius 1 is 1.00 bits per heavy atom. The monoisotopic (exact) mass is 560 g/mol. The van der Waals surface area contributed by atoms with Crippen LogP contribution in [0.3, 0.4) is 0 Å². The number of rotatable bonds is 7. The van der Waals surface area contributed by atoms with E-state index >= 15 is 0 Å². The van der Waals surface area contributed by atoms with Gasteiger partial charge in [0, 0.05) is 12.8 Å². The van der Waals surface area contributed by atoms with Crippen molar-refractivity contribution in [1.29, 1.82) is 0 Å². The number of ether oxygens (including phenoxy) is 1. The molecular formula is C31H52O5Si2. The minimum Gasteiger partial charge on any atom is -0.543 e. The highest BCUT2D eigenvalue weighted by Gasteiger charge is 2.42. The number of cyclic esters (lactones) is 1. The predicted molar refractivity (Wildman–Crippen MR) is 162 cm³/mol. The maximum absolute atomic E-state index is 13.9. The topological polar surface area (TPSA) is 61.8 Å². The maximum Gasteiger partial charge on any atom is 0.342 e. The van der Waals surface area contributed by atoms with E-state index in [1.54, 1.807) is 0 Å². The first-order valence-electron chi connectivity index (χ1n) is 14.2. The number of aldehydes is 1. The molecule has 7 heteroatoms. The fraction of sp³-hybridized carbons (Fsp3) is 0.677. The van der Waals surface area contributed by atoms with Crippen molar-refractivity contribution in [3.05, 3.63) is 41.5 Å². The van der Waals surface area contributed by atoms with Crippen LogP contribution >= 0.6 is 0 Å². The molecule has 0 spiro atoms. The summed E-state index contributed by atoms with van der Waals surface area (Å²) in [4.78, 5) is 25.2. The molecule has 0 radical (unpaired) electrons. The van der Waals surface area contributed by atoms with Crippen molar-refractivity contribution in [3.63, 3.8) is 0 Å². The second-order valence-corrected chi connectivity index (χ2v) is 23.4. The van der Waals surface area contributed by atoms with E-state index in [1.807, 2.05) is 18.2 Å². The summed E-state index contributed by atoms with van der Waals surface area (Å²) >= 11 is 0. The van der Waals surface area contributed by atoms with Crippen molar-refractivity contribution < 1.29 is 23.2 Å². The molecule has 0 saturated carbocycles. The van der Waals surface area contributed by atoms with Crippen molar-refractivity contribution in [2.45, 2.75) is 129 Å². The summed E-state index contributed by atoms with van der Waals surface area (Å²) in [6.07, 6.45) is 7.68. The minimum absolute atomic E-state index is 0.0120. The van der Waals surface area contributed by atoms with Crippen LogP contribution < -0.4 is 4.43 Å². The Morgan fingerprint density at radius 2 is 1.63 bits per heavy atom. The minimum atomic E-state index is -2.19. The van der Waals surface area contributed by atoms with Gasteiger partial charge in [0.1, 0.15) is 23.7 Å². The second kappa shape index (κ2) is 12.6. The molecule has 0 amide bonds. The molecule has 1 unspecified atom stereocenters. The summed E-state index contributed by atoms with van der Waals surface area (Å²) in [5, 5.41) is 0.0536. The third-order valence-electron chi connectivity index (χ3n) is 8.76. The van der Waals surface area contributed by atoms with Gasteiger partial charge in [0.15, 0.2) is 8.32 Å². The van der Waals surface area contributed by atoms with E-state index in [1.165, 1.54) is 0 Å². The molecule has 0 saturated heterocycles. The Hall–Kier alpha value is -1.71. The molecule has 1 aromatic rings. The Bertz CT molecular complexity index is 985. The van der Waals surface area contributed by atoms with Gasteiger partial charge in [-0.1, -0.05) is 72.8 Å². The number of hydrogen-bond acceptors (Lipinski definition) is 5. The Labute approximate surface area is 234 Å². The first kappa shape index (κ1) is 32.5. The van der Waals surface area contributed by atoms with Gasteiger partial charge in [-0.15, -0.1) is 0 Å². The van der Waals surface area contributed by atoms with Gasteiger partial charge >= 0.3 is 5.97 Å². The molecule has 1 aromatic carbocycles. The van der Waals surface area contributed by atoms with Gasteiger partial charge in [-0.05, 0) is 73.1 Å². The van der Waals surface area contributed by atoms with Gasteiger partial charge in [0.25, 0.3) is 8.32 Å². The van der Waals surface area contributed by atoms with Crippen LogP contribution in [0, 0.1) is 5.92 Å². The molecule has 5 nitrogen and oxygen atoms in total. The van der Waals surface area contributed by atoms with Gasteiger partial charge in [-0.2, -0.15) is 0 Å². The number of benzene rings is 1. The van der Waals surface area contributed by atoms with Crippen LogP contribution in [0.15, 0.2) is 30.4 Å². The summed E-state index contributed by atoms with van der Waals surface area (Å²) in [5.41, 5.74) is 1.41. The first-order chi connectivity index (χ1) is 17.4. The Kier molecular flexibility index (Phi) is 10.8. The first-order valence-corrected chi connectivity index (χ1v) is 20.0. The molecule has 0 fully saturated rings. The molecule has 0 bridgehead atoms. The number of carbonyl (C=O) groups is 2. The van der Waals surface area contributed by atoms with E-state index < -0.39 is 22.7 Å². The molecule has 1 aliphatic heterocycles. The SMILES string of the molecule is C[C@H]1C/C=C/Cc2cccc(O[Si](C)(C)C(C)(C)C)c2C(=O)O[C@@H](CCC=O)CC1O[Si](C)(C)C(C)(C)C. The summed E-state index contributed by atoms with van der Waals surface area (Å²) in [7, 11) is -4.26. The summed E-state index contributed by atoms with van der Waals surface area (Å²) in [5.74, 6) is 0.476. The average molecular weight is 561 g/mol. The lowest BCUT2D eigenvalue weighted by Crippen LogP contribution is -2.46. The van der Waals surface area contributed by atoms with Gasteiger partial charge < -0.3 is 18.4 Å². The summed E-state index contributed by atoms with van der Waals surface area (Å²) in [6, 6.07) is 5.84. The van der Waals surface area contributed by atoms with E-state index in [2.05, 4.69) is 86.8 Å². The van der Waals surface area contributed by atoms with Crippen LogP contribution in [0.5, 0.6) is 5.75 Å². The van der Waals surface area contributed by atoms with E-state index in [0.717, 1.165) is 18.3 Å². The molecule has 0 aliphatic carbocycles. The maximum atomic E-state index is 13.9. The smallest absolute Gasteiger partial charge is 0.342 e. The van der Waals surface area contributed by atoms with Crippen molar-refractivity contribution >= 4 is 28.9 Å². The second-order valence-electron chi connectivity index (χ2n) is 14.0. The number of esters is 1. The lowest BCUT2D eigenvalue weighted by Gasteiger charge is -2.41. The lowest BCUT2D eigenvalue weighted by molar-refractivity contribution is -0.108. The molecule has 3 atom stereocenters. The zero-order chi connectivity index (χ0) is 28.9. The van der Waals surface area contributed by atoms with E-state index in [0.29, 0.717) is 37.0 Å². The molecule has 0 N–H and O–H groups in total. The highest BCUT2D eigenvalue weighted by Crippen LogP contribution is 2.41. The van der Waals surface area contributed by atoms with Crippen LogP contribution in [0.25, 0.3) is 0 Å². The van der Waals surface area contributed by atoms with E-state index in [4.69, 9.17) is 13.6 Å². The van der Waals surface area contributed by atoms with Crippen molar-refractivity contribution in [2.75, 3.05) is 0 Å². The summed E-state index contributed by atoms with van der Waals surface area (Å²) in [6.45, 7) is 24.4. The van der Waals surface area contributed by atoms with Gasteiger partial charge in [-0.25, -0.2) is 4.79 Å². The standard InChI is InChI=1S/C31H52O5Si2/c1-23-16-12-13-17-24-18-14-20-26(35-37(8,9)30(2,3)4)28(24)29(33)34-25(19-15-21-32)22-27(23)36-38(10,11)31(5,6)7/h12-14,18,20-21,23,25,27H,15-17,19,22H2,1-11H3/b13-12+/t23-,25-,27?/m0/s1. The third-order valence-corrected chi connectivity index (χ3v) is 17.6. The van der Waals surface area contributed by atoms with Crippen molar-refractivity contribution in [1.82, 2.24) is 0 Å². The number of fused-ring (bicyclic) bond motifs is 1. The van der Waals surface area contributed by atoms with Crippen LogP contribution in [0.2, 0.25) is 36.3 Å². The molecular weight excluding hydrogens is 509 g/mol. The normalized spacial score (nSPS) is 22.9. The van der Waals surface area contributed by atoms with Crippen molar-refractivity contribution in [3.8, 4) is 5.75 Å². The van der Waals surface area contributed by atoms with Gasteiger partial charge in [-0.3, -0.25) is 0 Å². The lowest BCUT2D eigenvalue weighted by atomic mass is 9.93. The highest BCUT2D eigenvalue weighted by molar-refractivity contribution is 6.75. The largest absolute Gasteiger partial charge is 0.543 e. The number of allylic oxidation sites excluding steroid dienone is 2. The zero-order valence-corrected chi connectivity index (χ0v) is 27.8. The number of carbonyl (C=O) groups excluding carboxylic acids is 2. The quantitative estimate of drug-likeness (QED) is 0.145. The number of hydrogen-bond donors (Lipinski definition) is 0. The Morgan fingerprint density at radius 3 is 2.21 bits per heavy atom. The van der Waals surface area contributed by atoms with Crippen LogP contribution in [0.4, 0.5) is 0 Å². The van der Waals surface area contributed by atoms with Gasteiger partial charge in [0.05, 0.1) is 6.10 Å². The van der Waals surface area contributed by atoms with E-state index in [9.17, 15) is 9.59 Å².